The molecule has 0 unspecified atom stereocenters. The quantitative estimate of drug-likeness (QED) is 0.424. The maximum Gasteiger partial charge on any atom is 0.255 e. The van der Waals surface area contributed by atoms with Gasteiger partial charge in [-0.15, -0.1) is 0 Å². The van der Waals surface area contributed by atoms with Crippen LogP contribution in [0.5, 0.6) is 23.0 Å². The van der Waals surface area contributed by atoms with E-state index in [1.54, 1.807) is 42.5 Å². The first-order valence-electron chi connectivity index (χ1n) is 10.8. The molecule has 0 bridgehead atoms. The number of ether oxygens (including phenoxy) is 4. The van der Waals surface area contributed by atoms with Crippen molar-refractivity contribution in [1.82, 2.24) is 0 Å². The number of carbonyl (C=O) groups is 1. The van der Waals surface area contributed by atoms with Crippen LogP contribution < -0.4 is 24.3 Å². The van der Waals surface area contributed by atoms with E-state index in [9.17, 15) is 9.90 Å². The molecular weight excluding hydrogens is 426 g/mol. The van der Waals surface area contributed by atoms with Gasteiger partial charge in [0.05, 0.1) is 32.5 Å². The summed E-state index contributed by atoms with van der Waals surface area (Å²) in [6.07, 6.45) is 0. The zero-order valence-electron chi connectivity index (χ0n) is 19.3. The van der Waals surface area contributed by atoms with Crippen molar-refractivity contribution < 1.29 is 33.3 Å². The molecule has 0 aliphatic rings. The van der Waals surface area contributed by atoms with Gasteiger partial charge in [-0.05, 0) is 57.2 Å². The summed E-state index contributed by atoms with van der Waals surface area (Å²) in [5, 5.41) is 12.1. The number of aliphatic hydroxyl groups is 1. The molecule has 176 valence electrons. The summed E-state index contributed by atoms with van der Waals surface area (Å²) in [4.78, 5) is 13.0. The summed E-state index contributed by atoms with van der Waals surface area (Å²) in [5.41, 5.74) is 1.61. The van der Waals surface area contributed by atoms with Gasteiger partial charge in [-0.2, -0.15) is 0 Å². The number of hydrogen-bond donors (Lipinski definition) is 2. The van der Waals surface area contributed by atoms with Crippen molar-refractivity contribution in [1.29, 1.82) is 0 Å². The maximum absolute atomic E-state index is 13.0. The highest BCUT2D eigenvalue weighted by Gasteiger charge is 2.19. The van der Waals surface area contributed by atoms with E-state index >= 15 is 0 Å². The van der Waals surface area contributed by atoms with Crippen LogP contribution in [0, 0.1) is 0 Å². The fraction of sp³-hybridized carbons (Fsp3) is 0.320. The van der Waals surface area contributed by atoms with Crippen molar-refractivity contribution in [3.8, 4) is 34.3 Å². The Bertz CT molecular complexity index is 1060. The second-order valence-corrected chi connectivity index (χ2v) is 6.89. The molecule has 0 aliphatic heterocycles. The third-order valence-electron chi connectivity index (χ3n) is 4.71. The van der Waals surface area contributed by atoms with Crippen LogP contribution in [0.3, 0.4) is 0 Å². The maximum atomic E-state index is 13.0. The molecule has 2 aromatic carbocycles. The van der Waals surface area contributed by atoms with Gasteiger partial charge in [0.1, 0.15) is 23.9 Å². The predicted octanol–water partition coefficient (Wildman–Crippen LogP) is 4.90. The number of rotatable bonds is 11. The summed E-state index contributed by atoms with van der Waals surface area (Å²) in [7, 11) is 1.54. The van der Waals surface area contributed by atoms with Gasteiger partial charge in [-0.1, -0.05) is 0 Å². The Morgan fingerprint density at radius 2 is 1.58 bits per heavy atom. The van der Waals surface area contributed by atoms with E-state index in [4.69, 9.17) is 23.4 Å². The number of anilines is 1. The molecule has 0 saturated carbocycles. The molecule has 3 rings (SSSR count). The lowest BCUT2D eigenvalue weighted by molar-refractivity contribution is 0.102. The molecule has 0 spiro atoms. The average Bonchev–Trinajstić information content (AvgIpc) is 3.30. The van der Waals surface area contributed by atoms with Gasteiger partial charge in [0.2, 0.25) is 5.75 Å². The Morgan fingerprint density at radius 3 is 2.12 bits per heavy atom. The van der Waals surface area contributed by atoms with E-state index in [-0.39, 0.29) is 12.5 Å². The second-order valence-electron chi connectivity index (χ2n) is 6.89. The van der Waals surface area contributed by atoms with Crippen LogP contribution in [0.1, 0.15) is 36.9 Å². The SMILES string of the molecule is CCOc1cc(C(=O)Nc2ccc(-c3ccc(CO)o3)c(OC)c2)cc(OCC)c1OCC. The molecule has 0 atom stereocenters. The fourth-order valence-electron chi connectivity index (χ4n) is 3.30. The molecule has 33 heavy (non-hydrogen) atoms. The normalized spacial score (nSPS) is 10.6. The minimum atomic E-state index is -0.338. The summed E-state index contributed by atoms with van der Waals surface area (Å²) in [5.74, 6) is 2.56. The van der Waals surface area contributed by atoms with E-state index in [1.807, 2.05) is 20.8 Å². The molecule has 0 radical (unpaired) electrons. The number of amides is 1. The molecule has 3 aromatic rings. The van der Waals surface area contributed by atoms with Crippen molar-refractivity contribution >= 4 is 11.6 Å². The number of furan rings is 1. The smallest absolute Gasteiger partial charge is 0.255 e. The molecule has 2 N–H and O–H groups in total. The number of hydrogen-bond acceptors (Lipinski definition) is 7. The van der Waals surface area contributed by atoms with Gasteiger partial charge in [0, 0.05) is 17.3 Å². The van der Waals surface area contributed by atoms with Gasteiger partial charge < -0.3 is 33.8 Å². The van der Waals surface area contributed by atoms with Gasteiger partial charge in [0.25, 0.3) is 5.91 Å². The van der Waals surface area contributed by atoms with Crippen LogP contribution >= 0.6 is 0 Å². The van der Waals surface area contributed by atoms with E-state index in [1.165, 1.54) is 7.11 Å². The van der Waals surface area contributed by atoms with E-state index in [2.05, 4.69) is 5.32 Å². The fourth-order valence-corrected chi connectivity index (χ4v) is 3.30. The molecule has 1 aromatic heterocycles. The lowest BCUT2D eigenvalue weighted by atomic mass is 10.1. The van der Waals surface area contributed by atoms with Crippen LogP contribution in [0.2, 0.25) is 0 Å². The standard InChI is InChI=1S/C25H29NO7/c1-5-30-22-12-16(13-23(31-6-2)24(22)32-7-3)25(28)26-17-8-10-19(21(14-17)29-4)20-11-9-18(15-27)33-20/h8-14,27H,5-7,15H2,1-4H3,(H,26,28). The van der Waals surface area contributed by atoms with Gasteiger partial charge >= 0.3 is 0 Å². The number of nitrogens with one attached hydrogen (secondary N) is 1. The summed E-state index contributed by atoms with van der Waals surface area (Å²) in [6, 6.07) is 12.0. The number of carbonyl (C=O) groups excluding carboxylic acids is 1. The largest absolute Gasteiger partial charge is 0.496 e. The van der Waals surface area contributed by atoms with Crippen LogP contribution in [0.4, 0.5) is 5.69 Å². The van der Waals surface area contributed by atoms with Gasteiger partial charge in [0.15, 0.2) is 11.5 Å². The zero-order chi connectivity index (χ0) is 23.8. The highest BCUT2D eigenvalue weighted by atomic mass is 16.5. The van der Waals surface area contributed by atoms with E-state index in [0.717, 1.165) is 0 Å². The molecule has 1 amide bonds. The second kappa shape index (κ2) is 11.3. The summed E-state index contributed by atoms with van der Waals surface area (Å²) < 4.78 is 28.2. The van der Waals surface area contributed by atoms with Crippen LogP contribution in [0.25, 0.3) is 11.3 Å². The van der Waals surface area contributed by atoms with Crippen molar-refractivity contribution in [2.24, 2.45) is 0 Å². The first-order chi connectivity index (χ1) is 16.0. The predicted molar refractivity (Wildman–Crippen MR) is 125 cm³/mol. The molecule has 0 aliphatic carbocycles. The van der Waals surface area contributed by atoms with E-state index < -0.39 is 0 Å². The Labute approximate surface area is 193 Å². The first-order valence-corrected chi connectivity index (χ1v) is 10.8. The highest BCUT2D eigenvalue weighted by Crippen LogP contribution is 2.39. The molecule has 1 heterocycles. The summed E-state index contributed by atoms with van der Waals surface area (Å²) in [6.45, 7) is 6.68. The van der Waals surface area contributed by atoms with Crippen LogP contribution in [0.15, 0.2) is 46.9 Å². The molecule has 0 saturated heterocycles. The van der Waals surface area contributed by atoms with E-state index in [0.29, 0.717) is 71.2 Å². The lowest BCUT2D eigenvalue weighted by Crippen LogP contribution is -2.13. The molecule has 8 heteroatoms. The molecular formula is C25H29NO7. The average molecular weight is 456 g/mol. The van der Waals surface area contributed by atoms with Crippen LogP contribution in [-0.2, 0) is 6.61 Å². The third-order valence-corrected chi connectivity index (χ3v) is 4.71. The van der Waals surface area contributed by atoms with Crippen molar-refractivity contribution in [2.75, 3.05) is 32.2 Å². The zero-order valence-corrected chi connectivity index (χ0v) is 19.3. The Hall–Kier alpha value is -3.65. The Kier molecular flexibility index (Phi) is 8.21. The number of methoxy groups -OCH3 is 1. The first kappa shape index (κ1) is 24.0. The Balaban J connectivity index is 1.89. The number of benzene rings is 2. The minimum Gasteiger partial charge on any atom is -0.496 e. The number of aliphatic hydroxyl groups excluding tert-OH is 1. The van der Waals surface area contributed by atoms with Gasteiger partial charge in [-0.25, -0.2) is 0 Å². The lowest BCUT2D eigenvalue weighted by Gasteiger charge is -2.17. The molecule has 0 fully saturated rings. The molecule has 8 nitrogen and oxygen atoms in total. The topological polar surface area (TPSA) is 99.4 Å². The highest BCUT2D eigenvalue weighted by molar-refractivity contribution is 6.05. The van der Waals surface area contributed by atoms with Crippen molar-refractivity contribution in [3.63, 3.8) is 0 Å². The monoisotopic (exact) mass is 455 g/mol. The summed E-state index contributed by atoms with van der Waals surface area (Å²) >= 11 is 0. The van der Waals surface area contributed by atoms with Crippen molar-refractivity contribution in [3.05, 3.63) is 53.8 Å². The third kappa shape index (κ3) is 5.59. The Morgan fingerprint density at radius 1 is 0.909 bits per heavy atom. The van der Waals surface area contributed by atoms with Gasteiger partial charge in [-0.3, -0.25) is 4.79 Å². The van der Waals surface area contributed by atoms with Crippen molar-refractivity contribution in [2.45, 2.75) is 27.4 Å². The minimum absolute atomic E-state index is 0.188. The van der Waals surface area contributed by atoms with Crippen LogP contribution in [-0.4, -0.2) is 37.9 Å².